The number of nitrogens with zero attached hydrogens (tertiary/aromatic N) is 1. The molecule has 1 aliphatic heterocycles. The summed E-state index contributed by atoms with van der Waals surface area (Å²) in [5, 5.41) is 4.55. The quantitative estimate of drug-likeness (QED) is 0.656. The third-order valence-corrected chi connectivity index (χ3v) is 5.67. The molecule has 10 heteroatoms. The lowest BCUT2D eigenvalue weighted by Crippen LogP contribution is -2.46. The van der Waals surface area contributed by atoms with Crippen molar-refractivity contribution in [3.8, 4) is 5.75 Å². The first-order valence-electron chi connectivity index (χ1n) is 7.59. The molecule has 0 aromatic heterocycles. The van der Waals surface area contributed by atoms with Crippen LogP contribution < -0.4 is 15.4 Å². The molecule has 1 saturated heterocycles. The Hall–Kier alpha value is -2.17. The van der Waals surface area contributed by atoms with E-state index in [4.69, 9.17) is 9.47 Å². The topological polar surface area (TPSA) is 114 Å². The van der Waals surface area contributed by atoms with Gasteiger partial charge in [-0.25, -0.2) is 8.42 Å². The number of aryl methyl sites for hydroxylation is 1. The average Bonchev–Trinajstić information content (AvgIpc) is 3.08. The molecule has 1 aliphatic rings. The minimum Gasteiger partial charge on any atom is -0.496 e. The highest BCUT2D eigenvalue weighted by Crippen LogP contribution is 2.26. The van der Waals surface area contributed by atoms with E-state index in [2.05, 4.69) is 10.6 Å². The van der Waals surface area contributed by atoms with Gasteiger partial charge in [0.1, 0.15) is 12.0 Å². The van der Waals surface area contributed by atoms with Crippen molar-refractivity contribution in [2.24, 2.45) is 0 Å². The molecule has 2 rings (SSSR count). The molecule has 1 atom stereocenters. The van der Waals surface area contributed by atoms with Crippen LogP contribution in [0.15, 0.2) is 23.1 Å². The number of sulfonamides is 1. The molecule has 0 aliphatic carbocycles. The normalized spacial score (nSPS) is 18.0. The summed E-state index contributed by atoms with van der Waals surface area (Å²) < 4.78 is 37.4. The van der Waals surface area contributed by atoms with Gasteiger partial charge >= 0.3 is 11.8 Å². The van der Waals surface area contributed by atoms with Gasteiger partial charge in [-0.3, -0.25) is 9.59 Å². The molecule has 138 valence electrons. The van der Waals surface area contributed by atoms with Crippen molar-refractivity contribution < 1.29 is 27.5 Å². The van der Waals surface area contributed by atoms with Crippen LogP contribution in [0.25, 0.3) is 0 Å². The zero-order chi connectivity index (χ0) is 18.6. The lowest BCUT2D eigenvalue weighted by molar-refractivity contribution is -0.139. The fraction of sp³-hybridized carbons (Fsp3) is 0.467. The number of carbonyl (C=O) groups excluding carboxylic acids is 2. The predicted octanol–water partition coefficient (Wildman–Crippen LogP) is -0.787. The van der Waals surface area contributed by atoms with Crippen LogP contribution in [0.1, 0.15) is 5.56 Å². The number of likely N-dealkylation sites (N-methyl/N-ethyl adjacent to an activating group) is 1. The summed E-state index contributed by atoms with van der Waals surface area (Å²) in [5.41, 5.74) is 0.688. The van der Waals surface area contributed by atoms with Gasteiger partial charge in [-0.2, -0.15) is 4.31 Å². The molecule has 25 heavy (non-hydrogen) atoms. The van der Waals surface area contributed by atoms with Crippen molar-refractivity contribution in [3.63, 3.8) is 0 Å². The van der Waals surface area contributed by atoms with E-state index in [1.807, 2.05) is 0 Å². The van der Waals surface area contributed by atoms with Crippen LogP contribution in [0, 0.1) is 6.92 Å². The molecule has 0 bridgehead atoms. The third-order valence-electron chi connectivity index (χ3n) is 3.79. The first kappa shape index (κ1) is 19.2. The summed E-state index contributed by atoms with van der Waals surface area (Å²) in [6, 6.07) is 4.56. The number of nitrogens with one attached hydrogen (secondary N) is 2. The fourth-order valence-corrected chi connectivity index (χ4v) is 4.06. The molecule has 0 saturated carbocycles. The average molecular weight is 371 g/mol. The molecule has 1 aromatic rings. The van der Waals surface area contributed by atoms with Crippen molar-refractivity contribution in [2.45, 2.75) is 18.0 Å². The maximum atomic E-state index is 12.8. The summed E-state index contributed by atoms with van der Waals surface area (Å²) in [4.78, 5) is 22.8. The Morgan fingerprint density at radius 3 is 2.68 bits per heavy atom. The van der Waals surface area contributed by atoms with E-state index in [0.717, 1.165) is 0 Å². The van der Waals surface area contributed by atoms with Crippen LogP contribution in [0.5, 0.6) is 5.75 Å². The van der Waals surface area contributed by atoms with Crippen molar-refractivity contribution in [1.82, 2.24) is 14.9 Å². The zero-order valence-electron chi connectivity index (χ0n) is 14.2. The van der Waals surface area contributed by atoms with Crippen molar-refractivity contribution in [3.05, 3.63) is 23.8 Å². The van der Waals surface area contributed by atoms with Gasteiger partial charge in [0, 0.05) is 13.6 Å². The molecule has 9 nitrogen and oxygen atoms in total. The number of methoxy groups -OCH3 is 1. The third kappa shape index (κ3) is 4.09. The van der Waals surface area contributed by atoms with E-state index >= 15 is 0 Å². The summed E-state index contributed by atoms with van der Waals surface area (Å²) in [6.07, 6.45) is -0.874. The highest BCUT2D eigenvalue weighted by Gasteiger charge is 2.36. The predicted molar refractivity (Wildman–Crippen MR) is 88.4 cm³/mol. The number of hydrogen-bond donors (Lipinski definition) is 2. The smallest absolute Gasteiger partial charge is 0.309 e. The number of hydrogen-bond acceptors (Lipinski definition) is 6. The highest BCUT2D eigenvalue weighted by molar-refractivity contribution is 7.89. The van der Waals surface area contributed by atoms with E-state index in [9.17, 15) is 18.0 Å². The molecule has 1 aromatic carbocycles. The van der Waals surface area contributed by atoms with E-state index in [1.165, 1.54) is 30.6 Å². The largest absolute Gasteiger partial charge is 0.496 e. The molecule has 0 spiro atoms. The standard InChI is InChI=1S/C15H21N3O6S/c1-10-8-11(4-5-12(10)23-3)25(21,22)18-6-7-24-13(18)9-17-15(20)14(19)16-2/h4-5,8,13H,6-7,9H2,1-3H3,(H,16,19)(H,17,20)/t13-/m0/s1. The van der Waals surface area contributed by atoms with Crippen LogP contribution >= 0.6 is 0 Å². The van der Waals surface area contributed by atoms with Gasteiger partial charge < -0.3 is 20.1 Å². The Kier molecular flexibility index (Phi) is 5.98. The van der Waals surface area contributed by atoms with Crippen molar-refractivity contribution >= 4 is 21.8 Å². The molecule has 0 unspecified atom stereocenters. The first-order chi connectivity index (χ1) is 11.8. The van der Waals surface area contributed by atoms with E-state index in [-0.39, 0.29) is 24.6 Å². The van der Waals surface area contributed by atoms with Crippen molar-refractivity contribution in [1.29, 1.82) is 0 Å². The SMILES string of the molecule is CNC(=O)C(=O)NC[C@@H]1OCCN1S(=O)(=O)c1ccc(OC)c(C)c1. The number of carbonyl (C=O) groups is 2. The minimum atomic E-state index is -3.81. The second kappa shape index (κ2) is 7.81. The monoisotopic (exact) mass is 371 g/mol. The van der Waals surface area contributed by atoms with E-state index in [0.29, 0.717) is 11.3 Å². The molecular formula is C15H21N3O6S. The van der Waals surface area contributed by atoms with Gasteiger partial charge in [-0.15, -0.1) is 0 Å². The Bertz CT molecular complexity index is 765. The Morgan fingerprint density at radius 2 is 2.08 bits per heavy atom. The lowest BCUT2D eigenvalue weighted by atomic mass is 10.2. The minimum absolute atomic E-state index is 0.110. The molecule has 1 fully saturated rings. The van der Waals surface area contributed by atoms with E-state index < -0.39 is 28.1 Å². The van der Waals surface area contributed by atoms with Crippen LogP contribution in [-0.2, 0) is 24.3 Å². The lowest BCUT2D eigenvalue weighted by Gasteiger charge is -2.23. The molecular weight excluding hydrogens is 350 g/mol. The zero-order valence-corrected chi connectivity index (χ0v) is 15.1. The summed E-state index contributed by atoms with van der Waals surface area (Å²) in [6.45, 7) is 1.99. The summed E-state index contributed by atoms with van der Waals surface area (Å²) >= 11 is 0. The van der Waals surface area contributed by atoms with Gasteiger partial charge in [-0.1, -0.05) is 0 Å². The molecule has 2 amide bonds. The number of benzene rings is 1. The van der Waals surface area contributed by atoms with Crippen LogP contribution in [-0.4, -0.2) is 64.6 Å². The van der Waals surface area contributed by atoms with Crippen LogP contribution in [0.4, 0.5) is 0 Å². The highest BCUT2D eigenvalue weighted by atomic mass is 32.2. The number of amides is 2. The number of ether oxygens (including phenoxy) is 2. The van der Waals surface area contributed by atoms with Gasteiger partial charge in [0.25, 0.3) is 0 Å². The van der Waals surface area contributed by atoms with Gasteiger partial charge in [0.15, 0.2) is 0 Å². The second-order valence-electron chi connectivity index (χ2n) is 5.36. The molecule has 0 radical (unpaired) electrons. The Morgan fingerprint density at radius 1 is 1.36 bits per heavy atom. The fourth-order valence-electron chi connectivity index (χ4n) is 2.46. The van der Waals surface area contributed by atoms with Crippen LogP contribution in [0.2, 0.25) is 0 Å². The van der Waals surface area contributed by atoms with Crippen LogP contribution in [0.3, 0.4) is 0 Å². The number of rotatable bonds is 5. The van der Waals surface area contributed by atoms with Gasteiger partial charge in [0.05, 0.1) is 25.2 Å². The maximum Gasteiger partial charge on any atom is 0.309 e. The molecule has 2 N–H and O–H groups in total. The Balaban J connectivity index is 2.16. The Labute approximate surface area is 146 Å². The van der Waals surface area contributed by atoms with E-state index in [1.54, 1.807) is 13.0 Å². The van der Waals surface area contributed by atoms with Crippen molar-refractivity contribution in [2.75, 3.05) is 33.9 Å². The van der Waals surface area contributed by atoms with Gasteiger partial charge in [-0.05, 0) is 30.7 Å². The summed E-state index contributed by atoms with van der Waals surface area (Å²) in [5.74, 6) is -1.07. The first-order valence-corrected chi connectivity index (χ1v) is 9.03. The maximum absolute atomic E-state index is 12.8. The second-order valence-corrected chi connectivity index (χ2v) is 7.25. The summed E-state index contributed by atoms with van der Waals surface area (Å²) in [7, 11) is -0.968. The van der Waals surface area contributed by atoms with Gasteiger partial charge in [0.2, 0.25) is 10.0 Å². The molecule has 1 heterocycles.